The van der Waals surface area contributed by atoms with Gasteiger partial charge in [-0.1, -0.05) is 18.2 Å². The quantitative estimate of drug-likeness (QED) is 0.563. The van der Waals surface area contributed by atoms with Crippen molar-refractivity contribution in [2.24, 2.45) is 5.84 Å². The van der Waals surface area contributed by atoms with Gasteiger partial charge in [-0.15, -0.1) is 0 Å². The van der Waals surface area contributed by atoms with Crippen LogP contribution < -0.4 is 11.3 Å². The van der Waals surface area contributed by atoms with Gasteiger partial charge in [-0.2, -0.15) is 0 Å². The maximum atomic E-state index is 5.68. The summed E-state index contributed by atoms with van der Waals surface area (Å²) in [6.45, 7) is 2.09. The molecular formula is C16H17N3O. The van der Waals surface area contributed by atoms with Crippen molar-refractivity contribution in [3.05, 3.63) is 65.7 Å². The summed E-state index contributed by atoms with van der Waals surface area (Å²) < 4.78 is 5.38. The molecule has 0 bridgehead atoms. The minimum absolute atomic E-state index is 0.0653. The van der Waals surface area contributed by atoms with Gasteiger partial charge in [0.25, 0.3) is 0 Å². The molecule has 0 aliphatic heterocycles. The van der Waals surface area contributed by atoms with Crippen molar-refractivity contribution >= 4 is 10.9 Å². The maximum Gasteiger partial charge on any atom is 0.105 e. The van der Waals surface area contributed by atoms with Crippen LogP contribution in [0.2, 0.25) is 0 Å². The summed E-state index contributed by atoms with van der Waals surface area (Å²) in [7, 11) is 0. The average molecular weight is 267 g/mol. The highest BCUT2D eigenvalue weighted by atomic mass is 16.3. The Morgan fingerprint density at radius 1 is 1.25 bits per heavy atom. The second-order valence-corrected chi connectivity index (χ2v) is 4.88. The van der Waals surface area contributed by atoms with Crippen LogP contribution in [0.15, 0.2) is 53.1 Å². The van der Waals surface area contributed by atoms with Gasteiger partial charge in [0.05, 0.1) is 23.5 Å². The van der Waals surface area contributed by atoms with Crippen molar-refractivity contribution in [2.45, 2.75) is 19.4 Å². The average Bonchev–Trinajstić information content (AvgIpc) is 2.97. The minimum Gasteiger partial charge on any atom is -0.469 e. The van der Waals surface area contributed by atoms with Crippen LogP contribution in [0.25, 0.3) is 10.9 Å². The molecule has 1 aromatic carbocycles. The molecule has 0 aliphatic carbocycles. The maximum absolute atomic E-state index is 5.68. The lowest BCUT2D eigenvalue weighted by molar-refractivity contribution is 0.450. The SMILES string of the molecule is Cc1cc(C(Cc2ccco2)NN)nc2ccccc12. The number of furan rings is 1. The van der Waals surface area contributed by atoms with E-state index in [1.807, 2.05) is 30.3 Å². The number of benzene rings is 1. The summed E-state index contributed by atoms with van der Waals surface area (Å²) in [6, 6.07) is 14.0. The molecule has 1 unspecified atom stereocenters. The Morgan fingerprint density at radius 3 is 2.85 bits per heavy atom. The van der Waals surface area contributed by atoms with E-state index in [0.29, 0.717) is 6.42 Å². The predicted molar refractivity (Wildman–Crippen MR) is 79.0 cm³/mol. The predicted octanol–water partition coefficient (Wildman–Crippen LogP) is 2.88. The Labute approximate surface area is 117 Å². The lowest BCUT2D eigenvalue weighted by Crippen LogP contribution is -2.30. The monoisotopic (exact) mass is 267 g/mol. The van der Waals surface area contributed by atoms with Gasteiger partial charge in [0, 0.05) is 11.8 Å². The molecule has 0 saturated heterocycles. The van der Waals surface area contributed by atoms with Crippen molar-refractivity contribution in [2.75, 3.05) is 0 Å². The van der Waals surface area contributed by atoms with Gasteiger partial charge >= 0.3 is 0 Å². The number of pyridine rings is 1. The van der Waals surface area contributed by atoms with Gasteiger partial charge in [0.2, 0.25) is 0 Å². The smallest absolute Gasteiger partial charge is 0.105 e. The van der Waals surface area contributed by atoms with E-state index in [-0.39, 0.29) is 6.04 Å². The normalized spacial score (nSPS) is 12.7. The lowest BCUT2D eigenvalue weighted by Gasteiger charge is -2.16. The van der Waals surface area contributed by atoms with Crippen LogP contribution >= 0.6 is 0 Å². The molecule has 20 heavy (non-hydrogen) atoms. The summed E-state index contributed by atoms with van der Waals surface area (Å²) in [5, 5.41) is 1.17. The largest absolute Gasteiger partial charge is 0.469 e. The number of rotatable bonds is 4. The third kappa shape index (κ3) is 2.43. The second kappa shape index (κ2) is 5.45. The standard InChI is InChI=1S/C16H17N3O/c1-11-9-15(18-14-7-3-2-6-13(11)14)16(19-17)10-12-5-4-8-20-12/h2-9,16,19H,10,17H2,1H3. The molecular weight excluding hydrogens is 250 g/mol. The number of nitrogens with two attached hydrogens (primary N) is 1. The first kappa shape index (κ1) is 12.8. The molecule has 102 valence electrons. The van der Waals surface area contributed by atoms with E-state index >= 15 is 0 Å². The lowest BCUT2D eigenvalue weighted by atomic mass is 10.0. The summed E-state index contributed by atoms with van der Waals surface area (Å²) in [4.78, 5) is 4.70. The Hall–Kier alpha value is -2.17. The molecule has 0 aliphatic rings. The molecule has 0 fully saturated rings. The molecule has 2 aromatic heterocycles. The Balaban J connectivity index is 1.99. The summed E-state index contributed by atoms with van der Waals surface area (Å²) in [5.74, 6) is 6.57. The highest BCUT2D eigenvalue weighted by Crippen LogP contribution is 2.22. The number of nitrogens with zero attached hydrogens (tertiary/aromatic N) is 1. The number of hydrogen-bond donors (Lipinski definition) is 2. The molecule has 4 nitrogen and oxygen atoms in total. The van der Waals surface area contributed by atoms with Crippen LogP contribution in [0.5, 0.6) is 0 Å². The van der Waals surface area contributed by atoms with Gasteiger partial charge < -0.3 is 4.42 Å². The van der Waals surface area contributed by atoms with Crippen LogP contribution in [0, 0.1) is 6.92 Å². The second-order valence-electron chi connectivity index (χ2n) is 4.88. The van der Waals surface area contributed by atoms with E-state index in [4.69, 9.17) is 15.2 Å². The van der Waals surface area contributed by atoms with Crippen molar-refractivity contribution in [3.8, 4) is 0 Å². The molecule has 0 amide bonds. The molecule has 3 aromatic rings. The van der Waals surface area contributed by atoms with Gasteiger partial charge in [0.15, 0.2) is 0 Å². The van der Waals surface area contributed by atoms with E-state index in [1.54, 1.807) is 6.26 Å². The number of aromatic nitrogens is 1. The zero-order chi connectivity index (χ0) is 13.9. The molecule has 4 heteroatoms. The van der Waals surface area contributed by atoms with Crippen molar-refractivity contribution in [1.29, 1.82) is 0 Å². The molecule has 0 saturated carbocycles. The van der Waals surface area contributed by atoms with E-state index in [9.17, 15) is 0 Å². The summed E-state index contributed by atoms with van der Waals surface area (Å²) >= 11 is 0. The van der Waals surface area contributed by atoms with Crippen LogP contribution in [0.4, 0.5) is 0 Å². The number of hydrazine groups is 1. The highest BCUT2D eigenvalue weighted by Gasteiger charge is 2.15. The Bertz CT molecular complexity index is 707. The number of hydrogen-bond acceptors (Lipinski definition) is 4. The molecule has 2 heterocycles. The zero-order valence-electron chi connectivity index (χ0n) is 11.3. The summed E-state index contributed by atoms with van der Waals surface area (Å²) in [5.41, 5.74) is 5.94. The number of para-hydroxylation sites is 1. The number of fused-ring (bicyclic) bond motifs is 1. The first-order valence-corrected chi connectivity index (χ1v) is 6.62. The van der Waals surface area contributed by atoms with Crippen molar-refractivity contribution in [1.82, 2.24) is 10.4 Å². The fourth-order valence-electron chi connectivity index (χ4n) is 2.43. The van der Waals surface area contributed by atoms with E-state index in [1.165, 1.54) is 10.9 Å². The van der Waals surface area contributed by atoms with E-state index in [0.717, 1.165) is 17.0 Å². The fraction of sp³-hybridized carbons (Fsp3) is 0.188. The van der Waals surface area contributed by atoms with Crippen molar-refractivity contribution in [3.63, 3.8) is 0 Å². The Morgan fingerprint density at radius 2 is 2.10 bits per heavy atom. The number of aryl methyl sites for hydroxylation is 1. The van der Waals surface area contributed by atoms with E-state index in [2.05, 4.69) is 24.5 Å². The molecule has 0 radical (unpaired) electrons. The van der Waals surface area contributed by atoms with Crippen LogP contribution in [0.3, 0.4) is 0 Å². The van der Waals surface area contributed by atoms with Crippen molar-refractivity contribution < 1.29 is 4.42 Å². The molecule has 3 rings (SSSR count). The van der Waals surface area contributed by atoms with E-state index < -0.39 is 0 Å². The first-order chi connectivity index (χ1) is 9.78. The van der Waals surface area contributed by atoms with Crippen LogP contribution in [0.1, 0.15) is 23.1 Å². The topological polar surface area (TPSA) is 64.1 Å². The molecule has 1 atom stereocenters. The van der Waals surface area contributed by atoms with Crippen LogP contribution in [-0.2, 0) is 6.42 Å². The third-order valence-corrected chi connectivity index (χ3v) is 3.49. The highest BCUT2D eigenvalue weighted by molar-refractivity contribution is 5.82. The molecule has 0 spiro atoms. The first-order valence-electron chi connectivity index (χ1n) is 6.62. The van der Waals surface area contributed by atoms with Crippen LogP contribution in [-0.4, -0.2) is 4.98 Å². The van der Waals surface area contributed by atoms with Gasteiger partial charge in [0.1, 0.15) is 5.76 Å². The minimum atomic E-state index is -0.0653. The Kier molecular flexibility index (Phi) is 3.50. The van der Waals surface area contributed by atoms with Gasteiger partial charge in [-0.3, -0.25) is 16.3 Å². The fourth-order valence-corrected chi connectivity index (χ4v) is 2.43. The van der Waals surface area contributed by atoms with Gasteiger partial charge in [-0.05, 0) is 36.8 Å². The third-order valence-electron chi connectivity index (χ3n) is 3.49. The summed E-state index contributed by atoms with van der Waals surface area (Å²) in [6.07, 6.45) is 2.34. The number of nitrogens with one attached hydrogen (secondary N) is 1. The zero-order valence-corrected chi connectivity index (χ0v) is 11.3. The van der Waals surface area contributed by atoms with Gasteiger partial charge in [-0.25, -0.2) is 0 Å². The molecule has 3 N–H and O–H groups in total.